The van der Waals surface area contributed by atoms with Crippen molar-refractivity contribution in [1.82, 2.24) is 4.98 Å². The molecular weight excluding hydrogens is 276 g/mol. The van der Waals surface area contributed by atoms with E-state index < -0.39 is 0 Å². The number of nitrogens with one attached hydrogen (secondary N) is 1. The van der Waals surface area contributed by atoms with Crippen LogP contribution in [0.15, 0.2) is 22.9 Å². The van der Waals surface area contributed by atoms with Crippen molar-refractivity contribution in [3.05, 3.63) is 22.9 Å². The lowest BCUT2D eigenvalue weighted by Gasteiger charge is -2.31. The van der Waals surface area contributed by atoms with Gasteiger partial charge in [-0.05, 0) is 65.6 Å². The molecule has 3 heteroatoms. The van der Waals surface area contributed by atoms with Crippen molar-refractivity contribution in [1.29, 1.82) is 0 Å². The van der Waals surface area contributed by atoms with Crippen molar-refractivity contribution in [3.63, 3.8) is 0 Å². The summed E-state index contributed by atoms with van der Waals surface area (Å²) < 4.78 is 0.922. The molecule has 0 saturated heterocycles. The molecule has 1 aromatic rings. The molecule has 2 rings (SSSR count). The minimum absolute atomic E-state index is 0.616. The molecule has 0 amide bonds. The molecule has 0 radical (unpaired) electrons. The summed E-state index contributed by atoms with van der Waals surface area (Å²) in [5.74, 6) is 1.76. The van der Waals surface area contributed by atoms with Crippen LogP contribution in [0, 0.1) is 11.8 Å². The van der Waals surface area contributed by atoms with E-state index in [4.69, 9.17) is 0 Å². The second-order valence-corrected chi connectivity index (χ2v) is 6.09. The fourth-order valence-corrected chi connectivity index (χ4v) is 3.01. The van der Waals surface area contributed by atoms with E-state index in [9.17, 15) is 0 Å². The van der Waals surface area contributed by atoms with Gasteiger partial charge in [0, 0.05) is 12.2 Å². The monoisotopic (exact) mass is 296 g/mol. The third kappa shape index (κ3) is 3.44. The first kappa shape index (κ1) is 12.9. The Labute approximate surface area is 112 Å². The van der Waals surface area contributed by atoms with Gasteiger partial charge in [-0.15, -0.1) is 0 Å². The number of nitrogens with zero attached hydrogens (tertiary/aromatic N) is 1. The molecule has 1 N–H and O–H groups in total. The molecule has 1 heterocycles. The maximum atomic E-state index is 4.24. The Kier molecular flexibility index (Phi) is 4.43. The fraction of sp³-hybridized carbons (Fsp3) is 0.643. The minimum atomic E-state index is 0.616. The zero-order chi connectivity index (χ0) is 12.3. The highest BCUT2D eigenvalue weighted by atomic mass is 79.9. The van der Waals surface area contributed by atoms with Gasteiger partial charge in [0.2, 0.25) is 0 Å². The van der Waals surface area contributed by atoms with Gasteiger partial charge in [-0.3, -0.25) is 0 Å². The van der Waals surface area contributed by atoms with E-state index in [0.717, 1.165) is 22.1 Å². The molecule has 0 spiro atoms. The standard InChI is InChI=1S/C14H21BrN2/c1-10(2)11-5-7-12(8-6-11)17-13-4-3-9-16-14(13)15/h3-4,9-12,17H,5-8H2,1-2H3. The van der Waals surface area contributed by atoms with Crippen LogP contribution in [0.5, 0.6) is 0 Å². The topological polar surface area (TPSA) is 24.9 Å². The highest BCUT2D eigenvalue weighted by molar-refractivity contribution is 9.10. The van der Waals surface area contributed by atoms with Gasteiger partial charge in [-0.1, -0.05) is 13.8 Å². The second kappa shape index (κ2) is 5.85. The molecule has 1 saturated carbocycles. The minimum Gasteiger partial charge on any atom is -0.380 e. The maximum Gasteiger partial charge on any atom is 0.129 e. The lowest BCUT2D eigenvalue weighted by molar-refractivity contribution is 0.267. The van der Waals surface area contributed by atoms with E-state index >= 15 is 0 Å². The molecule has 0 aliphatic heterocycles. The number of pyridine rings is 1. The number of aromatic nitrogens is 1. The molecule has 1 aliphatic rings. The Morgan fingerprint density at radius 1 is 1.29 bits per heavy atom. The first-order chi connectivity index (χ1) is 8.16. The summed E-state index contributed by atoms with van der Waals surface area (Å²) in [5.41, 5.74) is 1.13. The van der Waals surface area contributed by atoms with Crippen LogP contribution in [-0.2, 0) is 0 Å². The van der Waals surface area contributed by atoms with Crippen molar-refractivity contribution in [2.75, 3.05) is 5.32 Å². The van der Waals surface area contributed by atoms with Crippen molar-refractivity contribution >= 4 is 21.6 Å². The van der Waals surface area contributed by atoms with Crippen molar-refractivity contribution < 1.29 is 0 Å². The lowest BCUT2D eigenvalue weighted by Crippen LogP contribution is -2.28. The summed E-state index contributed by atoms with van der Waals surface area (Å²) >= 11 is 3.48. The predicted octanol–water partition coefficient (Wildman–Crippen LogP) is 4.47. The summed E-state index contributed by atoms with van der Waals surface area (Å²) in [6.07, 6.45) is 7.08. The van der Waals surface area contributed by atoms with Gasteiger partial charge in [-0.2, -0.15) is 0 Å². The SMILES string of the molecule is CC(C)C1CCC(Nc2cccnc2Br)CC1. The molecular formula is C14H21BrN2. The van der Waals surface area contributed by atoms with Gasteiger partial charge < -0.3 is 5.32 Å². The molecule has 1 aromatic heterocycles. The molecule has 0 unspecified atom stereocenters. The summed E-state index contributed by atoms with van der Waals surface area (Å²) in [6, 6.07) is 4.68. The van der Waals surface area contributed by atoms with E-state index in [1.165, 1.54) is 25.7 Å². The van der Waals surface area contributed by atoms with Crippen LogP contribution in [0.2, 0.25) is 0 Å². The van der Waals surface area contributed by atoms with E-state index in [-0.39, 0.29) is 0 Å². The Hall–Kier alpha value is -0.570. The van der Waals surface area contributed by atoms with Crippen LogP contribution in [-0.4, -0.2) is 11.0 Å². The average molecular weight is 297 g/mol. The zero-order valence-corrected chi connectivity index (χ0v) is 12.2. The molecule has 0 atom stereocenters. The van der Waals surface area contributed by atoms with Crippen molar-refractivity contribution in [2.45, 2.75) is 45.6 Å². The highest BCUT2D eigenvalue weighted by Gasteiger charge is 2.23. The molecule has 2 nitrogen and oxygen atoms in total. The largest absolute Gasteiger partial charge is 0.380 e. The Morgan fingerprint density at radius 3 is 2.59 bits per heavy atom. The quantitative estimate of drug-likeness (QED) is 0.833. The zero-order valence-electron chi connectivity index (χ0n) is 10.6. The molecule has 0 aromatic carbocycles. The van der Waals surface area contributed by atoms with Crippen LogP contribution in [0.1, 0.15) is 39.5 Å². The number of halogens is 1. The fourth-order valence-electron chi connectivity index (χ4n) is 2.64. The highest BCUT2D eigenvalue weighted by Crippen LogP contribution is 2.32. The number of hydrogen-bond donors (Lipinski definition) is 1. The van der Waals surface area contributed by atoms with E-state index in [2.05, 4.69) is 46.1 Å². The van der Waals surface area contributed by atoms with E-state index in [1.54, 1.807) is 0 Å². The van der Waals surface area contributed by atoms with E-state index in [1.807, 2.05) is 12.3 Å². The van der Waals surface area contributed by atoms with Crippen LogP contribution in [0.25, 0.3) is 0 Å². The number of hydrogen-bond acceptors (Lipinski definition) is 2. The van der Waals surface area contributed by atoms with Gasteiger partial charge in [0.05, 0.1) is 5.69 Å². The molecule has 17 heavy (non-hydrogen) atoms. The van der Waals surface area contributed by atoms with Gasteiger partial charge in [0.25, 0.3) is 0 Å². The summed E-state index contributed by atoms with van der Waals surface area (Å²) in [4.78, 5) is 4.24. The molecule has 1 fully saturated rings. The Balaban J connectivity index is 1.88. The normalized spacial score (nSPS) is 24.9. The smallest absolute Gasteiger partial charge is 0.129 e. The predicted molar refractivity (Wildman–Crippen MR) is 76.1 cm³/mol. The Bertz CT molecular complexity index is 357. The van der Waals surface area contributed by atoms with Gasteiger partial charge >= 0.3 is 0 Å². The number of anilines is 1. The molecule has 1 aliphatic carbocycles. The van der Waals surface area contributed by atoms with Gasteiger partial charge in [-0.25, -0.2) is 4.98 Å². The number of rotatable bonds is 3. The summed E-state index contributed by atoms with van der Waals surface area (Å²) in [7, 11) is 0. The summed E-state index contributed by atoms with van der Waals surface area (Å²) in [6.45, 7) is 4.69. The average Bonchev–Trinajstić information content (AvgIpc) is 2.33. The van der Waals surface area contributed by atoms with Crippen LogP contribution in [0.3, 0.4) is 0 Å². The van der Waals surface area contributed by atoms with Gasteiger partial charge in [0.1, 0.15) is 4.60 Å². The van der Waals surface area contributed by atoms with Crippen molar-refractivity contribution in [2.24, 2.45) is 11.8 Å². The third-order valence-corrected chi connectivity index (χ3v) is 4.47. The lowest BCUT2D eigenvalue weighted by atomic mass is 9.80. The maximum absolute atomic E-state index is 4.24. The van der Waals surface area contributed by atoms with E-state index in [0.29, 0.717) is 6.04 Å². The van der Waals surface area contributed by atoms with Crippen LogP contribution < -0.4 is 5.32 Å². The summed E-state index contributed by atoms with van der Waals surface area (Å²) in [5, 5.41) is 3.60. The Morgan fingerprint density at radius 2 is 2.00 bits per heavy atom. The van der Waals surface area contributed by atoms with Crippen LogP contribution >= 0.6 is 15.9 Å². The molecule has 0 bridgehead atoms. The first-order valence-corrected chi connectivity index (χ1v) is 7.33. The van der Waals surface area contributed by atoms with Crippen LogP contribution in [0.4, 0.5) is 5.69 Å². The second-order valence-electron chi connectivity index (χ2n) is 5.34. The van der Waals surface area contributed by atoms with Crippen molar-refractivity contribution in [3.8, 4) is 0 Å². The first-order valence-electron chi connectivity index (χ1n) is 6.54. The third-order valence-electron chi connectivity index (χ3n) is 3.83. The molecule has 94 valence electrons. The van der Waals surface area contributed by atoms with Gasteiger partial charge in [0.15, 0.2) is 0 Å².